The largest absolute Gasteiger partial charge is 0.386 e. The number of β-amino-alcohol motifs (C(OH)–C–C–N with tert-alkyl or cyclic N) is 1. The Labute approximate surface area is 127 Å². The second-order valence-corrected chi connectivity index (χ2v) is 5.44. The lowest BCUT2D eigenvalue weighted by Gasteiger charge is -2.24. The molecule has 0 spiro atoms. The van der Waals surface area contributed by atoms with Gasteiger partial charge >= 0.3 is 0 Å². The summed E-state index contributed by atoms with van der Waals surface area (Å²) in [7, 11) is 0. The molecule has 22 heavy (non-hydrogen) atoms. The molecule has 1 aliphatic rings. The van der Waals surface area contributed by atoms with Gasteiger partial charge in [-0.25, -0.2) is 4.98 Å². The summed E-state index contributed by atoms with van der Waals surface area (Å²) in [6, 6.07) is 1.76. The van der Waals surface area contributed by atoms with Crippen molar-refractivity contribution >= 4 is 11.7 Å². The zero-order valence-corrected chi connectivity index (χ0v) is 12.1. The van der Waals surface area contributed by atoms with E-state index in [1.807, 2.05) is 4.90 Å². The molecule has 0 aromatic carbocycles. The average molecular weight is 302 g/mol. The third-order valence-corrected chi connectivity index (χ3v) is 3.69. The van der Waals surface area contributed by atoms with Crippen LogP contribution in [0, 0.1) is 0 Å². The number of amides is 1. The minimum absolute atomic E-state index is 0.150. The molecule has 116 valence electrons. The van der Waals surface area contributed by atoms with Crippen LogP contribution >= 0.6 is 0 Å². The summed E-state index contributed by atoms with van der Waals surface area (Å²) >= 11 is 0. The summed E-state index contributed by atoms with van der Waals surface area (Å²) in [6.45, 7) is 1.47. The topological polar surface area (TPSA) is 96.2 Å². The van der Waals surface area contributed by atoms with Crippen LogP contribution in [-0.4, -0.2) is 56.0 Å². The maximum atomic E-state index is 11.8. The van der Waals surface area contributed by atoms with Crippen LogP contribution in [0.4, 0.5) is 5.82 Å². The van der Waals surface area contributed by atoms with Gasteiger partial charge in [0.1, 0.15) is 18.0 Å². The van der Waals surface area contributed by atoms with Gasteiger partial charge in [0.15, 0.2) is 0 Å². The number of hydrogen-bond acceptors (Lipinski definition) is 6. The number of carbonyl (C=O) groups is 1. The minimum atomic E-state index is -0.947. The summed E-state index contributed by atoms with van der Waals surface area (Å²) in [5.41, 5.74) is -0.947. The standard InChI is InChI=1S/C14H18N6O2/c21-13(9-20-6-1-3-18-20)17-10-14(22)2-7-19(11-14)12-8-15-4-5-16-12/h1,3-6,8,22H,2,7,9-11H2,(H,17,21)/t14-/m0/s1. The van der Waals surface area contributed by atoms with Crippen LogP contribution < -0.4 is 10.2 Å². The quantitative estimate of drug-likeness (QED) is 0.768. The number of hydrogen-bond donors (Lipinski definition) is 2. The van der Waals surface area contributed by atoms with E-state index in [1.165, 1.54) is 0 Å². The molecule has 3 rings (SSSR count). The number of rotatable bonds is 5. The summed E-state index contributed by atoms with van der Waals surface area (Å²) in [5.74, 6) is 0.566. The van der Waals surface area contributed by atoms with E-state index in [4.69, 9.17) is 0 Å². The lowest BCUT2D eigenvalue weighted by Crippen LogP contribution is -2.45. The highest BCUT2D eigenvalue weighted by atomic mass is 16.3. The first-order valence-corrected chi connectivity index (χ1v) is 7.12. The Balaban J connectivity index is 1.51. The molecule has 0 radical (unpaired) electrons. The van der Waals surface area contributed by atoms with E-state index in [-0.39, 0.29) is 19.0 Å². The van der Waals surface area contributed by atoms with Gasteiger partial charge in [-0.05, 0) is 12.5 Å². The number of anilines is 1. The Bertz CT molecular complexity index is 618. The molecule has 0 bridgehead atoms. The third kappa shape index (κ3) is 3.40. The van der Waals surface area contributed by atoms with E-state index in [1.54, 1.807) is 41.7 Å². The maximum absolute atomic E-state index is 11.8. The van der Waals surface area contributed by atoms with Gasteiger partial charge in [-0.15, -0.1) is 0 Å². The average Bonchev–Trinajstić information content (AvgIpc) is 3.17. The summed E-state index contributed by atoms with van der Waals surface area (Å²) in [5, 5.41) is 17.3. The van der Waals surface area contributed by atoms with E-state index in [9.17, 15) is 9.90 Å². The number of carbonyl (C=O) groups excluding carboxylic acids is 1. The van der Waals surface area contributed by atoms with Crippen LogP contribution in [0.5, 0.6) is 0 Å². The second-order valence-electron chi connectivity index (χ2n) is 5.44. The van der Waals surface area contributed by atoms with E-state index in [0.29, 0.717) is 19.5 Å². The molecular formula is C14H18N6O2. The highest BCUT2D eigenvalue weighted by Gasteiger charge is 2.36. The van der Waals surface area contributed by atoms with Crippen molar-refractivity contribution < 1.29 is 9.90 Å². The lowest BCUT2D eigenvalue weighted by molar-refractivity contribution is -0.122. The minimum Gasteiger partial charge on any atom is -0.386 e. The van der Waals surface area contributed by atoms with Crippen molar-refractivity contribution in [2.75, 3.05) is 24.5 Å². The SMILES string of the molecule is O=C(Cn1cccn1)NC[C@@]1(O)CCN(c2cnccn2)C1. The summed E-state index contributed by atoms with van der Waals surface area (Å²) in [4.78, 5) is 22.1. The van der Waals surface area contributed by atoms with Crippen molar-refractivity contribution in [2.45, 2.75) is 18.6 Å². The second kappa shape index (κ2) is 6.10. The zero-order chi connectivity index (χ0) is 15.4. The maximum Gasteiger partial charge on any atom is 0.241 e. The summed E-state index contributed by atoms with van der Waals surface area (Å²) in [6.07, 6.45) is 8.82. The fraction of sp³-hybridized carbons (Fsp3) is 0.429. The Kier molecular flexibility index (Phi) is 4.01. The predicted octanol–water partition coefficient (Wildman–Crippen LogP) is -0.569. The van der Waals surface area contributed by atoms with E-state index >= 15 is 0 Å². The van der Waals surface area contributed by atoms with Crippen LogP contribution in [0.15, 0.2) is 37.1 Å². The van der Waals surface area contributed by atoms with Crippen LogP contribution in [0.1, 0.15) is 6.42 Å². The van der Waals surface area contributed by atoms with Gasteiger partial charge in [0.25, 0.3) is 0 Å². The van der Waals surface area contributed by atoms with Crippen molar-refractivity contribution in [2.24, 2.45) is 0 Å². The Morgan fingerprint density at radius 1 is 1.41 bits per heavy atom. The third-order valence-electron chi connectivity index (χ3n) is 3.69. The Morgan fingerprint density at radius 3 is 3.05 bits per heavy atom. The van der Waals surface area contributed by atoms with Crippen LogP contribution in [0.3, 0.4) is 0 Å². The molecular weight excluding hydrogens is 284 g/mol. The van der Waals surface area contributed by atoms with Crippen molar-refractivity contribution in [3.63, 3.8) is 0 Å². The monoisotopic (exact) mass is 302 g/mol. The molecule has 3 heterocycles. The van der Waals surface area contributed by atoms with Gasteiger partial charge in [0.05, 0.1) is 6.20 Å². The van der Waals surface area contributed by atoms with E-state index in [0.717, 1.165) is 5.82 Å². The molecule has 1 atom stereocenters. The van der Waals surface area contributed by atoms with E-state index < -0.39 is 5.60 Å². The molecule has 0 unspecified atom stereocenters. The molecule has 0 aliphatic carbocycles. The smallest absolute Gasteiger partial charge is 0.241 e. The van der Waals surface area contributed by atoms with Crippen LogP contribution in [0.2, 0.25) is 0 Å². The van der Waals surface area contributed by atoms with Crippen molar-refractivity contribution in [1.29, 1.82) is 0 Å². The highest BCUT2D eigenvalue weighted by molar-refractivity contribution is 5.75. The van der Waals surface area contributed by atoms with Crippen LogP contribution in [0.25, 0.3) is 0 Å². The first-order valence-electron chi connectivity index (χ1n) is 7.12. The Hall–Kier alpha value is -2.48. The van der Waals surface area contributed by atoms with Crippen molar-refractivity contribution in [3.8, 4) is 0 Å². The molecule has 0 saturated carbocycles. The van der Waals surface area contributed by atoms with Gasteiger partial charge in [0, 0.05) is 44.4 Å². The predicted molar refractivity (Wildman–Crippen MR) is 79.0 cm³/mol. The first kappa shape index (κ1) is 14.5. The highest BCUT2D eigenvalue weighted by Crippen LogP contribution is 2.24. The van der Waals surface area contributed by atoms with Gasteiger partial charge in [-0.2, -0.15) is 5.10 Å². The molecule has 1 fully saturated rings. The number of nitrogens with one attached hydrogen (secondary N) is 1. The summed E-state index contributed by atoms with van der Waals surface area (Å²) < 4.78 is 1.54. The Morgan fingerprint density at radius 2 is 2.32 bits per heavy atom. The molecule has 2 aromatic heterocycles. The molecule has 1 saturated heterocycles. The normalized spacial score (nSPS) is 21.0. The number of nitrogens with zero attached hydrogens (tertiary/aromatic N) is 5. The molecule has 1 aliphatic heterocycles. The molecule has 8 nitrogen and oxygen atoms in total. The van der Waals surface area contributed by atoms with Gasteiger partial charge < -0.3 is 15.3 Å². The number of aliphatic hydroxyl groups is 1. The molecule has 1 amide bonds. The van der Waals surface area contributed by atoms with Gasteiger partial charge in [-0.1, -0.05) is 0 Å². The molecule has 8 heteroatoms. The fourth-order valence-corrected chi connectivity index (χ4v) is 2.51. The molecule has 2 N–H and O–H groups in total. The van der Waals surface area contributed by atoms with E-state index in [2.05, 4.69) is 20.4 Å². The van der Waals surface area contributed by atoms with Crippen molar-refractivity contribution in [1.82, 2.24) is 25.1 Å². The van der Waals surface area contributed by atoms with Gasteiger partial charge in [-0.3, -0.25) is 14.5 Å². The first-order chi connectivity index (χ1) is 10.6. The lowest BCUT2D eigenvalue weighted by atomic mass is 10.0. The molecule has 2 aromatic rings. The van der Waals surface area contributed by atoms with Crippen molar-refractivity contribution in [3.05, 3.63) is 37.1 Å². The zero-order valence-electron chi connectivity index (χ0n) is 12.1. The number of aromatic nitrogens is 4. The fourth-order valence-electron chi connectivity index (χ4n) is 2.51. The van der Waals surface area contributed by atoms with Gasteiger partial charge in [0.2, 0.25) is 5.91 Å². The van der Waals surface area contributed by atoms with Crippen LogP contribution in [-0.2, 0) is 11.3 Å².